The van der Waals surface area contributed by atoms with Crippen molar-refractivity contribution in [3.63, 3.8) is 0 Å². The van der Waals surface area contributed by atoms with Crippen LogP contribution in [-0.4, -0.2) is 44.9 Å². The van der Waals surface area contributed by atoms with Crippen molar-refractivity contribution in [2.24, 2.45) is 10.9 Å². The first-order chi connectivity index (χ1) is 8.58. The van der Waals surface area contributed by atoms with E-state index in [4.69, 9.17) is 10.9 Å². The highest BCUT2D eigenvalue weighted by atomic mass is 32.2. The van der Waals surface area contributed by atoms with Crippen LogP contribution < -0.4 is 5.73 Å². The molecule has 18 heavy (non-hydrogen) atoms. The maximum atomic E-state index is 12.7. The maximum absolute atomic E-state index is 12.7. The lowest BCUT2D eigenvalue weighted by atomic mass is 9.97. The van der Waals surface area contributed by atoms with Crippen LogP contribution in [0.1, 0.15) is 39.0 Å². The number of nitrogens with two attached hydrogens (primary N) is 1. The molecule has 0 aliphatic carbocycles. The molecule has 2 atom stereocenters. The quantitative estimate of drug-likeness (QED) is 0.344. The zero-order valence-corrected chi connectivity index (χ0v) is 11.6. The molecule has 0 aromatic carbocycles. The van der Waals surface area contributed by atoms with Gasteiger partial charge in [-0.1, -0.05) is 5.16 Å². The summed E-state index contributed by atoms with van der Waals surface area (Å²) in [6.07, 6.45) is 4.84. The average Bonchev–Trinajstić information content (AvgIpc) is 2.85. The van der Waals surface area contributed by atoms with Gasteiger partial charge in [-0.05, 0) is 44.8 Å². The van der Waals surface area contributed by atoms with Crippen molar-refractivity contribution in [1.29, 1.82) is 0 Å². The highest BCUT2D eigenvalue weighted by molar-refractivity contribution is 8.01. The molecule has 2 aliphatic rings. The monoisotopic (exact) mass is 271 g/mol. The van der Waals surface area contributed by atoms with Crippen molar-refractivity contribution in [2.75, 3.05) is 12.3 Å². The number of piperidine rings is 1. The number of oxime groups is 1. The van der Waals surface area contributed by atoms with Crippen LogP contribution in [0.2, 0.25) is 0 Å². The molecule has 0 bridgehead atoms. The molecular formula is C12H21N3O2S. The Morgan fingerprint density at radius 3 is 2.89 bits per heavy atom. The number of amides is 1. The van der Waals surface area contributed by atoms with Gasteiger partial charge in [0.15, 0.2) is 5.84 Å². The summed E-state index contributed by atoms with van der Waals surface area (Å²) in [7, 11) is 0. The summed E-state index contributed by atoms with van der Waals surface area (Å²) < 4.78 is -0.314. The number of likely N-dealkylation sites (tertiary alicyclic amines) is 1. The molecule has 2 heterocycles. The van der Waals surface area contributed by atoms with E-state index in [0.29, 0.717) is 0 Å². The molecule has 2 rings (SSSR count). The molecular weight excluding hydrogens is 250 g/mol. The van der Waals surface area contributed by atoms with Crippen LogP contribution in [0.3, 0.4) is 0 Å². The summed E-state index contributed by atoms with van der Waals surface area (Å²) in [5, 5.41) is 11.9. The van der Waals surface area contributed by atoms with Gasteiger partial charge in [-0.15, -0.1) is 11.8 Å². The molecule has 0 saturated carbocycles. The number of hydrogen-bond acceptors (Lipinski definition) is 4. The maximum Gasteiger partial charge on any atom is 0.239 e. The summed E-state index contributed by atoms with van der Waals surface area (Å²) in [5.41, 5.74) is 5.72. The lowest BCUT2D eigenvalue weighted by Gasteiger charge is -2.39. The van der Waals surface area contributed by atoms with E-state index in [0.717, 1.165) is 44.4 Å². The third kappa shape index (κ3) is 2.43. The van der Waals surface area contributed by atoms with Gasteiger partial charge in [0.05, 0.1) is 10.8 Å². The van der Waals surface area contributed by atoms with Crippen LogP contribution in [0.15, 0.2) is 5.16 Å². The largest absolute Gasteiger partial charge is 0.409 e. The predicted molar refractivity (Wildman–Crippen MR) is 72.9 cm³/mol. The topological polar surface area (TPSA) is 78.9 Å². The van der Waals surface area contributed by atoms with Gasteiger partial charge in [0.2, 0.25) is 5.91 Å². The molecule has 2 fully saturated rings. The van der Waals surface area contributed by atoms with Gasteiger partial charge in [0.25, 0.3) is 0 Å². The standard InChI is InChI=1S/C12H21N3O2S/c1-12(6-4-8-18-12)11(16)15-7-3-2-5-9(15)10(13)14-17/h9,17H,2-8H2,1H3,(H2,13,14). The Kier molecular flexibility index (Phi) is 4.04. The van der Waals surface area contributed by atoms with Crippen LogP contribution in [0.5, 0.6) is 0 Å². The minimum atomic E-state index is -0.314. The molecule has 2 aliphatic heterocycles. The van der Waals surface area contributed by atoms with E-state index in [1.54, 1.807) is 11.8 Å². The van der Waals surface area contributed by atoms with Gasteiger partial charge >= 0.3 is 0 Å². The van der Waals surface area contributed by atoms with Gasteiger partial charge in [-0.25, -0.2) is 0 Å². The lowest BCUT2D eigenvalue weighted by molar-refractivity contribution is -0.135. The molecule has 5 nitrogen and oxygen atoms in total. The number of hydrogen-bond donors (Lipinski definition) is 2. The number of rotatable bonds is 2. The smallest absolute Gasteiger partial charge is 0.239 e. The van der Waals surface area contributed by atoms with E-state index >= 15 is 0 Å². The Morgan fingerprint density at radius 2 is 2.28 bits per heavy atom. The third-order valence-electron chi connectivity index (χ3n) is 3.89. The first kappa shape index (κ1) is 13.5. The Labute approximate surface area is 112 Å². The van der Waals surface area contributed by atoms with E-state index in [-0.39, 0.29) is 22.5 Å². The van der Waals surface area contributed by atoms with Gasteiger partial charge in [0.1, 0.15) is 0 Å². The van der Waals surface area contributed by atoms with Crippen molar-refractivity contribution in [1.82, 2.24) is 4.90 Å². The van der Waals surface area contributed by atoms with E-state index in [2.05, 4.69) is 5.16 Å². The van der Waals surface area contributed by atoms with Crippen LogP contribution >= 0.6 is 11.8 Å². The molecule has 0 aromatic heterocycles. The van der Waals surface area contributed by atoms with Gasteiger partial charge < -0.3 is 15.8 Å². The zero-order chi connectivity index (χ0) is 13.2. The van der Waals surface area contributed by atoms with Crippen LogP contribution in [-0.2, 0) is 4.79 Å². The summed E-state index contributed by atoms with van der Waals surface area (Å²) in [5.74, 6) is 1.36. The second-order valence-corrected chi connectivity index (χ2v) is 6.82. The van der Waals surface area contributed by atoms with Crippen molar-refractivity contribution >= 4 is 23.5 Å². The second kappa shape index (κ2) is 5.38. The Morgan fingerprint density at radius 1 is 1.50 bits per heavy atom. The van der Waals surface area contributed by atoms with Gasteiger partial charge in [-0.2, -0.15) is 0 Å². The molecule has 2 unspecified atom stereocenters. The number of nitrogens with zero attached hydrogens (tertiary/aromatic N) is 2. The Bertz CT molecular complexity index is 353. The molecule has 0 aromatic rings. The lowest BCUT2D eigenvalue weighted by Crippen LogP contribution is -2.55. The normalized spacial score (nSPS) is 33.7. The highest BCUT2D eigenvalue weighted by Crippen LogP contribution is 2.40. The van der Waals surface area contributed by atoms with Crippen molar-refractivity contribution in [3.8, 4) is 0 Å². The fourth-order valence-corrected chi connectivity index (χ4v) is 4.07. The summed E-state index contributed by atoms with van der Waals surface area (Å²) in [6, 6.07) is -0.228. The Balaban J connectivity index is 2.16. The molecule has 102 valence electrons. The first-order valence-electron chi connectivity index (χ1n) is 6.51. The van der Waals surface area contributed by atoms with Crippen molar-refractivity contribution in [2.45, 2.75) is 49.8 Å². The van der Waals surface area contributed by atoms with Crippen molar-refractivity contribution in [3.05, 3.63) is 0 Å². The van der Waals surface area contributed by atoms with Crippen LogP contribution in [0, 0.1) is 0 Å². The zero-order valence-electron chi connectivity index (χ0n) is 10.8. The summed E-state index contributed by atoms with van der Waals surface area (Å²) in [6.45, 7) is 2.74. The molecule has 6 heteroatoms. The summed E-state index contributed by atoms with van der Waals surface area (Å²) in [4.78, 5) is 14.5. The van der Waals surface area contributed by atoms with Gasteiger partial charge in [0, 0.05) is 6.54 Å². The first-order valence-corrected chi connectivity index (χ1v) is 7.49. The minimum Gasteiger partial charge on any atom is -0.409 e. The Hall–Kier alpha value is -0.910. The van der Waals surface area contributed by atoms with E-state index in [1.165, 1.54) is 0 Å². The summed E-state index contributed by atoms with van der Waals surface area (Å²) >= 11 is 1.73. The fraction of sp³-hybridized carbons (Fsp3) is 0.833. The molecule has 3 N–H and O–H groups in total. The number of thioether (sulfide) groups is 1. The molecule has 2 saturated heterocycles. The molecule has 1 amide bonds. The number of amidine groups is 1. The SMILES string of the molecule is CC1(C(=O)N2CCCCC2C(N)=NO)CCCS1. The van der Waals surface area contributed by atoms with E-state index in [9.17, 15) is 4.79 Å². The van der Waals surface area contributed by atoms with Crippen LogP contribution in [0.4, 0.5) is 0 Å². The third-order valence-corrected chi connectivity index (χ3v) is 5.40. The van der Waals surface area contributed by atoms with E-state index < -0.39 is 0 Å². The highest BCUT2D eigenvalue weighted by Gasteiger charge is 2.43. The average molecular weight is 271 g/mol. The van der Waals surface area contributed by atoms with E-state index in [1.807, 2.05) is 11.8 Å². The second-order valence-electron chi connectivity index (χ2n) is 5.22. The predicted octanol–water partition coefficient (Wildman–Crippen LogP) is 1.40. The van der Waals surface area contributed by atoms with Crippen molar-refractivity contribution < 1.29 is 10.0 Å². The fourth-order valence-electron chi connectivity index (χ4n) is 2.80. The number of carbonyl (C=O) groups excluding carboxylic acids is 1. The van der Waals surface area contributed by atoms with Crippen LogP contribution in [0.25, 0.3) is 0 Å². The number of carbonyl (C=O) groups is 1. The van der Waals surface area contributed by atoms with Gasteiger partial charge in [-0.3, -0.25) is 4.79 Å². The molecule has 0 radical (unpaired) electrons. The molecule has 0 spiro atoms. The minimum absolute atomic E-state index is 0.154.